The van der Waals surface area contributed by atoms with E-state index in [1.54, 1.807) is 6.20 Å². The van der Waals surface area contributed by atoms with Gasteiger partial charge in [-0.1, -0.05) is 24.2 Å². The molecule has 2 heterocycles. The smallest absolute Gasteiger partial charge is 0.258 e. The molecule has 1 unspecified atom stereocenters. The molecule has 0 aliphatic rings. The summed E-state index contributed by atoms with van der Waals surface area (Å²) in [6.45, 7) is 2.47. The zero-order valence-corrected chi connectivity index (χ0v) is 10.6. The summed E-state index contributed by atoms with van der Waals surface area (Å²) in [6, 6.07) is 9.73. The van der Waals surface area contributed by atoms with E-state index in [1.165, 1.54) is 0 Å². The van der Waals surface area contributed by atoms with Gasteiger partial charge < -0.3 is 10.3 Å². The predicted octanol–water partition coefficient (Wildman–Crippen LogP) is 2.35. The summed E-state index contributed by atoms with van der Waals surface area (Å²) in [5, 5.41) is 4.98. The standard InChI is InChI=1S/C14H14N4O/c1-9(8-15)13-17-14(19-18-13)11-4-2-6-12-10(11)5-3-7-16-12/h2-7,9H,8,15H2,1H3. The Morgan fingerprint density at radius 1 is 1.26 bits per heavy atom. The number of benzene rings is 1. The van der Waals surface area contributed by atoms with Gasteiger partial charge in [0.1, 0.15) is 0 Å². The van der Waals surface area contributed by atoms with Gasteiger partial charge >= 0.3 is 0 Å². The largest absolute Gasteiger partial charge is 0.334 e. The highest BCUT2D eigenvalue weighted by atomic mass is 16.5. The number of hydrogen-bond acceptors (Lipinski definition) is 5. The summed E-state index contributed by atoms with van der Waals surface area (Å²) in [7, 11) is 0. The van der Waals surface area contributed by atoms with E-state index in [-0.39, 0.29) is 5.92 Å². The Morgan fingerprint density at radius 3 is 3.00 bits per heavy atom. The molecule has 0 radical (unpaired) electrons. The fourth-order valence-corrected chi connectivity index (χ4v) is 1.94. The normalized spacial score (nSPS) is 12.7. The molecule has 3 rings (SSSR count). The van der Waals surface area contributed by atoms with Gasteiger partial charge in [-0.25, -0.2) is 0 Å². The van der Waals surface area contributed by atoms with Gasteiger partial charge in [0.25, 0.3) is 5.89 Å². The molecule has 0 saturated carbocycles. The number of rotatable bonds is 3. The number of hydrogen-bond donors (Lipinski definition) is 1. The molecule has 1 atom stereocenters. The minimum atomic E-state index is 0.0885. The Kier molecular flexibility index (Phi) is 2.97. The maximum atomic E-state index is 5.61. The second-order valence-electron chi connectivity index (χ2n) is 4.47. The number of fused-ring (bicyclic) bond motifs is 1. The van der Waals surface area contributed by atoms with Gasteiger partial charge in [0.2, 0.25) is 0 Å². The van der Waals surface area contributed by atoms with Crippen molar-refractivity contribution in [2.75, 3.05) is 6.54 Å². The Balaban J connectivity index is 2.12. The van der Waals surface area contributed by atoms with Crippen LogP contribution in [0.5, 0.6) is 0 Å². The minimum Gasteiger partial charge on any atom is -0.334 e. The Bertz CT molecular complexity index is 702. The van der Waals surface area contributed by atoms with E-state index in [1.807, 2.05) is 37.3 Å². The molecule has 3 aromatic rings. The summed E-state index contributed by atoms with van der Waals surface area (Å²) in [5.74, 6) is 1.23. The van der Waals surface area contributed by atoms with Gasteiger partial charge in [-0.15, -0.1) is 0 Å². The molecule has 5 nitrogen and oxygen atoms in total. The van der Waals surface area contributed by atoms with Gasteiger partial charge in [0, 0.05) is 29.6 Å². The first-order chi connectivity index (χ1) is 9.29. The van der Waals surface area contributed by atoms with Crippen LogP contribution in [0.3, 0.4) is 0 Å². The van der Waals surface area contributed by atoms with E-state index in [0.29, 0.717) is 18.3 Å². The molecule has 96 valence electrons. The predicted molar refractivity (Wildman–Crippen MR) is 72.5 cm³/mol. The zero-order chi connectivity index (χ0) is 13.2. The van der Waals surface area contributed by atoms with Crippen LogP contribution in [0.1, 0.15) is 18.7 Å². The molecular weight excluding hydrogens is 240 g/mol. The number of pyridine rings is 1. The van der Waals surface area contributed by atoms with Gasteiger partial charge in [-0.2, -0.15) is 4.98 Å². The van der Waals surface area contributed by atoms with Crippen LogP contribution in [-0.2, 0) is 0 Å². The quantitative estimate of drug-likeness (QED) is 0.776. The molecule has 0 aliphatic carbocycles. The molecule has 0 amide bonds. The number of nitrogens with two attached hydrogens (primary N) is 1. The molecule has 2 aromatic heterocycles. The first-order valence-electron chi connectivity index (χ1n) is 6.17. The van der Waals surface area contributed by atoms with E-state index >= 15 is 0 Å². The lowest BCUT2D eigenvalue weighted by molar-refractivity contribution is 0.418. The third kappa shape index (κ3) is 2.08. The summed E-state index contributed by atoms with van der Waals surface area (Å²) >= 11 is 0. The third-order valence-electron chi connectivity index (χ3n) is 3.11. The second kappa shape index (κ2) is 4.78. The summed E-state index contributed by atoms with van der Waals surface area (Å²) in [5.41, 5.74) is 7.42. The molecule has 0 spiro atoms. The molecule has 2 N–H and O–H groups in total. The van der Waals surface area contributed by atoms with Crippen LogP contribution in [0.15, 0.2) is 41.1 Å². The van der Waals surface area contributed by atoms with E-state index in [9.17, 15) is 0 Å². The molecule has 19 heavy (non-hydrogen) atoms. The fraction of sp³-hybridized carbons (Fsp3) is 0.214. The van der Waals surface area contributed by atoms with E-state index < -0.39 is 0 Å². The molecule has 5 heteroatoms. The van der Waals surface area contributed by atoms with Crippen LogP contribution >= 0.6 is 0 Å². The van der Waals surface area contributed by atoms with Crippen LogP contribution in [0, 0.1) is 0 Å². The van der Waals surface area contributed by atoms with Gasteiger partial charge in [-0.05, 0) is 18.2 Å². The van der Waals surface area contributed by atoms with E-state index in [4.69, 9.17) is 10.3 Å². The molecule has 0 bridgehead atoms. The van der Waals surface area contributed by atoms with Crippen LogP contribution in [0.4, 0.5) is 0 Å². The molecule has 0 saturated heterocycles. The topological polar surface area (TPSA) is 77.8 Å². The molecular formula is C14H14N4O. The zero-order valence-electron chi connectivity index (χ0n) is 10.6. The highest BCUT2D eigenvalue weighted by Gasteiger charge is 2.15. The average Bonchev–Trinajstić information content (AvgIpc) is 2.95. The Labute approximate surface area is 110 Å². The lowest BCUT2D eigenvalue weighted by Crippen LogP contribution is -2.10. The Hall–Kier alpha value is -2.27. The fourth-order valence-electron chi connectivity index (χ4n) is 1.94. The second-order valence-corrected chi connectivity index (χ2v) is 4.47. The van der Waals surface area contributed by atoms with E-state index in [0.717, 1.165) is 16.5 Å². The molecule has 1 aromatic carbocycles. The molecule has 0 aliphatic heterocycles. The van der Waals surface area contributed by atoms with Crippen LogP contribution < -0.4 is 5.73 Å². The van der Waals surface area contributed by atoms with Crippen molar-refractivity contribution in [2.24, 2.45) is 5.73 Å². The highest BCUT2D eigenvalue weighted by molar-refractivity contribution is 5.92. The summed E-state index contributed by atoms with van der Waals surface area (Å²) in [4.78, 5) is 8.73. The maximum absolute atomic E-state index is 5.61. The number of aromatic nitrogens is 3. The summed E-state index contributed by atoms with van der Waals surface area (Å²) < 4.78 is 5.34. The first kappa shape index (κ1) is 11.8. The first-order valence-corrected chi connectivity index (χ1v) is 6.17. The average molecular weight is 254 g/mol. The van der Waals surface area contributed by atoms with Crippen molar-refractivity contribution in [3.8, 4) is 11.5 Å². The van der Waals surface area contributed by atoms with E-state index in [2.05, 4.69) is 15.1 Å². The van der Waals surface area contributed by atoms with Crippen molar-refractivity contribution in [1.29, 1.82) is 0 Å². The van der Waals surface area contributed by atoms with Gasteiger partial charge in [0.15, 0.2) is 5.82 Å². The van der Waals surface area contributed by atoms with Crippen LogP contribution in [-0.4, -0.2) is 21.7 Å². The van der Waals surface area contributed by atoms with Crippen molar-refractivity contribution >= 4 is 10.9 Å². The van der Waals surface area contributed by atoms with Gasteiger partial charge in [0.05, 0.1) is 5.52 Å². The van der Waals surface area contributed by atoms with Crippen LogP contribution in [0.2, 0.25) is 0 Å². The number of nitrogens with zero attached hydrogens (tertiary/aromatic N) is 3. The van der Waals surface area contributed by atoms with Crippen molar-refractivity contribution in [3.63, 3.8) is 0 Å². The maximum Gasteiger partial charge on any atom is 0.258 e. The van der Waals surface area contributed by atoms with Crippen LogP contribution in [0.25, 0.3) is 22.4 Å². The minimum absolute atomic E-state index is 0.0885. The van der Waals surface area contributed by atoms with Crippen molar-refractivity contribution < 1.29 is 4.52 Å². The lowest BCUT2D eigenvalue weighted by Gasteiger charge is -2.01. The summed E-state index contributed by atoms with van der Waals surface area (Å²) in [6.07, 6.45) is 1.77. The third-order valence-corrected chi connectivity index (χ3v) is 3.11. The highest BCUT2D eigenvalue weighted by Crippen LogP contribution is 2.26. The van der Waals surface area contributed by atoms with Gasteiger partial charge in [-0.3, -0.25) is 4.98 Å². The monoisotopic (exact) mass is 254 g/mol. The van der Waals surface area contributed by atoms with Crippen molar-refractivity contribution in [3.05, 3.63) is 42.4 Å². The SMILES string of the molecule is CC(CN)c1noc(-c2cccc3ncccc23)n1. The molecule has 0 fully saturated rings. The lowest BCUT2D eigenvalue weighted by atomic mass is 10.1. The van der Waals surface area contributed by atoms with Crippen molar-refractivity contribution in [1.82, 2.24) is 15.1 Å². The van der Waals surface area contributed by atoms with Crippen molar-refractivity contribution in [2.45, 2.75) is 12.8 Å². The Morgan fingerprint density at radius 2 is 2.16 bits per heavy atom.